The number of nitrogens with two attached hydrogens (primary N) is 1. The van der Waals surface area contributed by atoms with Gasteiger partial charge in [-0.25, -0.2) is 4.39 Å². The maximum atomic E-state index is 12.7. The molecule has 0 amide bonds. The average molecular weight is 172 g/mol. The van der Waals surface area contributed by atoms with Crippen molar-refractivity contribution >= 4 is 0 Å². The van der Waals surface area contributed by atoms with Crippen LogP contribution in [-0.4, -0.2) is 36.2 Å². The summed E-state index contributed by atoms with van der Waals surface area (Å²) < 4.78 is 12.7. The molecule has 2 N–H and O–H groups in total. The minimum Gasteiger partial charge on any atom is -0.324 e. The van der Waals surface area contributed by atoms with Crippen molar-refractivity contribution in [1.29, 1.82) is 0 Å². The third-order valence-electron chi connectivity index (χ3n) is 2.95. The van der Waals surface area contributed by atoms with Crippen LogP contribution >= 0.6 is 0 Å². The first kappa shape index (κ1) is 8.45. The zero-order valence-electron chi connectivity index (χ0n) is 7.43. The summed E-state index contributed by atoms with van der Waals surface area (Å²) in [6.45, 7) is 2.79. The fraction of sp³-hybridized carbons (Fsp3) is 1.00. The van der Waals surface area contributed by atoms with Gasteiger partial charge < -0.3 is 10.6 Å². The first-order valence-corrected chi connectivity index (χ1v) is 4.83. The van der Waals surface area contributed by atoms with Gasteiger partial charge in [0, 0.05) is 25.2 Å². The van der Waals surface area contributed by atoms with Crippen LogP contribution < -0.4 is 5.73 Å². The third-order valence-corrected chi connectivity index (χ3v) is 2.95. The lowest BCUT2D eigenvalue weighted by Gasteiger charge is -2.30. The van der Waals surface area contributed by atoms with Gasteiger partial charge in [0.25, 0.3) is 0 Å². The van der Waals surface area contributed by atoms with Crippen molar-refractivity contribution in [2.45, 2.75) is 37.4 Å². The van der Waals surface area contributed by atoms with Gasteiger partial charge in [-0.2, -0.15) is 0 Å². The molecule has 0 unspecified atom stereocenters. The van der Waals surface area contributed by atoms with E-state index in [0.717, 1.165) is 32.5 Å². The summed E-state index contributed by atoms with van der Waals surface area (Å²) in [4.78, 5) is 2.31. The van der Waals surface area contributed by atoms with Crippen LogP contribution in [0.2, 0.25) is 0 Å². The van der Waals surface area contributed by atoms with E-state index >= 15 is 0 Å². The van der Waals surface area contributed by atoms with E-state index in [1.807, 2.05) is 0 Å². The first-order valence-electron chi connectivity index (χ1n) is 4.83. The van der Waals surface area contributed by atoms with Gasteiger partial charge in [0.05, 0.1) is 0 Å². The molecular weight excluding hydrogens is 155 g/mol. The second kappa shape index (κ2) is 2.96. The Morgan fingerprint density at radius 2 is 1.92 bits per heavy atom. The fourth-order valence-corrected chi connectivity index (χ4v) is 1.82. The Bertz CT molecular complexity index is 160. The van der Waals surface area contributed by atoms with Gasteiger partial charge >= 0.3 is 0 Å². The molecule has 70 valence electrons. The van der Waals surface area contributed by atoms with Crippen molar-refractivity contribution in [3.05, 3.63) is 0 Å². The van der Waals surface area contributed by atoms with E-state index in [9.17, 15) is 4.39 Å². The van der Waals surface area contributed by atoms with E-state index < -0.39 is 6.17 Å². The predicted octanol–water partition coefficient (Wildman–Crippen LogP) is 0.912. The van der Waals surface area contributed by atoms with Crippen molar-refractivity contribution in [3.8, 4) is 0 Å². The smallest absolute Gasteiger partial charge is 0.103 e. The predicted molar refractivity (Wildman–Crippen MR) is 46.7 cm³/mol. The molecule has 1 aliphatic heterocycles. The highest BCUT2D eigenvalue weighted by atomic mass is 19.1. The van der Waals surface area contributed by atoms with Crippen LogP contribution in [-0.2, 0) is 0 Å². The monoisotopic (exact) mass is 172 g/mol. The Balaban J connectivity index is 1.75. The van der Waals surface area contributed by atoms with Crippen LogP contribution in [0.25, 0.3) is 0 Å². The second-order valence-corrected chi connectivity index (χ2v) is 4.31. The number of piperidine rings is 1. The lowest BCUT2D eigenvalue weighted by molar-refractivity contribution is 0.142. The molecule has 1 aliphatic carbocycles. The fourth-order valence-electron chi connectivity index (χ4n) is 1.82. The quantitative estimate of drug-likeness (QED) is 0.671. The lowest BCUT2D eigenvalue weighted by Crippen LogP contribution is -2.43. The van der Waals surface area contributed by atoms with Crippen molar-refractivity contribution in [2.24, 2.45) is 5.73 Å². The number of hydrogen-bond acceptors (Lipinski definition) is 2. The van der Waals surface area contributed by atoms with Gasteiger partial charge in [0.1, 0.15) is 6.17 Å². The average Bonchev–Trinajstić information content (AvgIpc) is 2.74. The molecule has 0 atom stereocenters. The van der Waals surface area contributed by atoms with E-state index in [1.54, 1.807) is 0 Å². The minimum absolute atomic E-state index is 0.100. The molecule has 2 rings (SSSR count). The van der Waals surface area contributed by atoms with Crippen LogP contribution in [0.15, 0.2) is 0 Å². The molecule has 1 saturated heterocycles. The highest BCUT2D eigenvalue weighted by Gasteiger charge is 2.40. The summed E-state index contributed by atoms with van der Waals surface area (Å²) in [7, 11) is 0. The zero-order valence-corrected chi connectivity index (χ0v) is 7.43. The standard InChI is InChI=1S/C9H17FN2/c10-8-1-5-12(6-2-8)7-9(11)3-4-9/h8H,1-7,11H2. The summed E-state index contributed by atoms with van der Waals surface area (Å²) in [5, 5.41) is 0. The molecule has 0 spiro atoms. The van der Waals surface area contributed by atoms with E-state index in [1.165, 1.54) is 0 Å². The third kappa shape index (κ3) is 1.96. The summed E-state index contributed by atoms with van der Waals surface area (Å²) in [6, 6.07) is 0. The Labute approximate surface area is 72.9 Å². The van der Waals surface area contributed by atoms with E-state index in [-0.39, 0.29) is 5.54 Å². The molecule has 0 bridgehead atoms. The minimum atomic E-state index is -0.561. The number of halogens is 1. The van der Waals surface area contributed by atoms with Gasteiger partial charge in [-0.1, -0.05) is 0 Å². The largest absolute Gasteiger partial charge is 0.324 e. The van der Waals surface area contributed by atoms with Crippen molar-refractivity contribution in [3.63, 3.8) is 0 Å². The topological polar surface area (TPSA) is 29.3 Å². The number of hydrogen-bond donors (Lipinski definition) is 1. The zero-order chi connectivity index (χ0) is 8.60. The Morgan fingerprint density at radius 3 is 2.42 bits per heavy atom. The summed E-state index contributed by atoms with van der Waals surface area (Å²) >= 11 is 0. The number of nitrogens with zero attached hydrogens (tertiary/aromatic N) is 1. The van der Waals surface area contributed by atoms with E-state index in [4.69, 9.17) is 5.73 Å². The van der Waals surface area contributed by atoms with Crippen LogP contribution in [0.5, 0.6) is 0 Å². The maximum Gasteiger partial charge on any atom is 0.103 e. The van der Waals surface area contributed by atoms with Crippen LogP contribution in [0.3, 0.4) is 0 Å². The molecule has 2 aliphatic rings. The Kier molecular flexibility index (Phi) is 2.09. The number of likely N-dealkylation sites (tertiary alicyclic amines) is 1. The molecule has 0 aromatic rings. The van der Waals surface area contributed by atoms with Crippen molar-refractivity contribution in [2.75, 3.05) is 19.6 Å². The molecule has 1 saturated carbocycles. The molecule has 1 heterocycles. The Hall–Kier alpha value is -0.150. The first-order chi connectivity index (χ1) is 5.68. The molecule has 0 aromatic heterocycles. The molecule has 2 fully saturated rings. The van der Waals surface area contributed by atoms with Crippen molar-refractivity contribution in [1.82, 2.24) is 4.90 Å². The highest BCUT2D eigenvalue weighted by Crippen LogP contribution is 2.33. The molecule has 12 heavy (non-hydrogen) atoms. The maximum absolute atomic E-state index is 12.7. The molecule has 0 aromatic carbocycles. The van der Waals surface area contributed by atoms with Crippen LogP contribution in [0.1, 0.15) is 25.7 Å². The van der Waals surface area contributed by atoms with Gasteiger partial charge in [0.15, 0.2) is 0 Å². The van der Waals surface area contributed by atoms with E-state index in [2.05, 4.69) is 4.90 Å². The second-order valence-electron chi connectivity index (χ2n) is 4.31. The highest BCUT2D eigenvalue weighted by molar-refractivity contribution is 5.01. The Morgan fingerprint density at radius 1 is 1.33 bits per heavy atom. The SMILES string of the molecule is NC1(CN2CCC(F)CC2)CC1. The summed E-state index contributed by atoms with van der Waals surface area (Å²) in [5.74, 6) is 0. The van der Waals surface area contributed by atoms with E-state index in [0.29, 0.717) is 12.8 Å². The van der Waals surface area contributed by atoms with Gasteiger partial charge in [-0.3, -0.25) is 0 Å². The van der Waals surface area contributed by atoms with Crippen molar-refractivity contribution < 1.29 is 4.39 Å². The van der Waals surface area contributed by atoms with Gasteiger partial charge in [-0.15, -0.1) is 0 Å². The molecule has 0 radical (unpaired) electrons. The molecule has 3 heteroatoms. The molecule has 2 nitrogen and oxygen atoms in total. The normalized spacial score (nSPS) is 30.5. The number of rotatable bonds is 2. The molecular formula is C9H17FN2. The van der Waals surface area contributed by atoms with Crippen LogP contribution in [0, 0.1) is 0 Å². The summed E-state index contributed by atoms with van der Waals surface area (Å²) in [6.07, 6.45) is 3.16. The van der Waals surface area contributed by atoms with Crippen LogP contribution in [0.4, 0.5) is 4.39 Å². The van der Waals surface area contributed by atoms with Gasteiger partial charge in [-0.05, 0) is 25.7 Å². The number of alkyl halides is 1. The lowest BCUT2D eigenvalue weighted by atomic mass is 10.1. The van der Waals surface area contributed by atoms with Gasteiger partial charge in [0.2, 0.25) is 0 Å². The summed E-state index contributed by atoms with van der Waals surface area (Å²) in [5.41, 5.74) is 6.08.